The molecule has 27 heavy (non-hydrogen) atoms. The summed E-state index contributed by atoms with van der Waals surface area (Å²) in [6, 6.07) is -4.57. The number of aliphatic carboxylic acids is 1. The van der Waals surface area contributed by atoms with E-state index >= 15 is 0 Å². The molecule has 11 heteroatoms. The summed E-state index contributed by atoms with van der Waals surface area (Å²) in [5.41, 5.74) is 5.35. The summed E-state index contributed by atoms with van der Waals surface area (Å²) < 4.78 is 0. The van der Waals surface area contributed by atoms with Crippen molar-refractivity contribution in [3.8, 4) is 0 Å². The van der Waals surface area contributed by atoms with Crippen LogP contribution >= 0.6 is 0 Å². The van der Waals surface area contributed by atoms with Gasteiger partial charge in [-0.05, 0) is 18.8 Å². The molecule has 154 valence electrons. The van der Waals surface area contributed by atoms with Crippen molar-refractivity contribution < 1.29 is 34.5 Å². The molecule has 0 bridgehead atoms. The number of amides is 3. The molecule has 1 rings (SSSR count). The van der Waals surface area contributed by atoms with Crippen LogP contribution in [0.15, 0.2) is 0 Å². The lowest BCUT2D eigenvalue weighted by Gasteiger charge is -2.30. The smallest absolute Gasteiger partial charge is 0.326 e. The normalized spacial score (nSPS) is 20.1. The Bertz CT molecular complexity index is 569. The molecule has 1 heterocycles. The van der Waals surface area contributed by atoms with E-state index in [0.29, 0.717) is 12.8 Å². The molecule has 0 aromatic carbocycles. The van der Waals surface area contributed by atoms with Gasteiger partial charge in [-0.3, -0.25) is 14.4 Å². The van der Waals surface area contributed by atoms with E-state index in [1.807, 2.05) is 0 Å². The van der Waals surface area contributed by atoms with Gasteiger partial charge in [0.2, 0.25) is 17.7 Å². The maximum absolute atomic E-state index is 12.8. The summed E-state index contributed by atoms with van der Waals surface area (Å²) in [6.45, 7) is 2.27. The van der Waals surface area contributed by atoms with Gasteiger partial charge in [0.1, 0.15) is 24.2 Å². The van der Waals surface area contributed by atoms with Gasteiger partial charge in [0.05, 0.1) is 13.2 Å². The van der Waals surface area contributed by atoms with E-state index in [1.54, 1.807) is 13.8 Å². The number of carboxylic acids is 1. The molecule has 7 N–H and O–H groups in total. The lowest BCUT2D eigenvalue weighted by Crippen LogP contribution is -2.59. The second-order valence-electron chi connectivity index (χ2n) is 6.79. The number of carbonyl (C=O) groups is 4. The number of hydrogen-bond acceptors (Lipinski definition) is 7. The third kappa shape index (κ3) is 5.88. The highest BCUT2D eigenvalue weighted by Gasteiger charge is 2.39. The van der Waals surface area contributed by atoms with E-state index in [9.17, 15) is 29.4 Å². The summed E-state index contributed by atoms with van der Waals surface area (Å²) in [5, 5.41) is 32.1. The first-order valence-corrected chi connectivity index (χ1v) is 8.75. The fourth-order valence-corrected chi connectivity index (χ4v) is 2.79. The molecule has 4 atom stereocenters. The maximum atomic E-state index is 12.8. The number of rotatable bonds is 9. The predicted octanol–water partition coefficient (Wildman–Crippen LogP) is -3.00. The average molecular weight is 388 g/mol. The summed E-state index contributed by atoms with van der Waals surface area (Å²) in [4.78, 5) is 49.4. The van der Waals surface area contributed by atoms with Gasteiger partial charge in [0.25, 0.3) is 0 Å². The Balaban J connectivity index is 2.85. The SMILES string of the molecule is CC(C)C(NC(=O)C(CO)NC(=O)C(N)CO)C(=O)N1CCCC1C(=O)O. The molecular formula is C16H28N4O7. The number of carboxylic acid groups (broad SMARTS) is 1. The molecule has 11 nitrogen and oxygen atoms in total. The van der Waals surface area contributed by atoms with Gasteiger partial charge in [-0.25, -0.2) is 4.79 Å². The van der Waals surface area contributed by atoms with E-state index in [1.165, 1.54) is 4.90 Å². The molecule has 1 saturated heterocycles. The van der Waals surface area contributed by atoms with Gasteiger partial charge in [0, 0.05) is 6.54 Å². The monoisotopic (exact) mass is 388 g/mol. The first-order valence-electron chi connectivity index (χ1n) is 8.75. The van der Waals surface area contributed by atoms with E-state index in [0.717, 1.165) is 0 Å². The largest absolute Gasteiger partial charge is 0.480 e. The summed E-state index contributed by atoms with van der Waals surface area (Å²) in [7, 11) is 0. The van der Waals surface area contributed by atoms with Crippen molar-refractivity contribution in [1.82, 2.24) is 15.5 Å². The van der Waals surface area contributed by atoms with Gasteiger partial charge >= 0.3 is 5.97 Å². The van der Waals surface area contributed by atoms with Crippen LogP contribution in [0, 0.1) is 5.92 Å². The number of carbonyl (C=O) groups excluding carboxylic acids is 3. The van der Waals surface area contributed by atoms with Crippen molar-refractivity contribution in [1.29, 1.82) is 0 Å². The summed E-state index contributed by atoms with van der Waals surface area (Å²) in [5.74, 6) is -3.63. The van der Waals surface area contributed by atoms with Crippen molar-refractivity contribution >= 4 is 23.7 Å². The molecule has 0 aromatic rings. The van der Waals surface area contributed by atoms with Crippen LogP contribution < -0.4 is 16.4 Å². The van der Waals surface area contributed by atoms with Crippen molar-refractivity contribution in [3.63, 3.8) is 0 Å². The highest BCUT2D eigenvalue weighted by atomic mass is 16.4. The van der Waals surface area contributed by atoms with Crippen LogP contribution in [-0.4, -0.2) is 87.8 Å². The average Bonchev–Trinajstić information content (AvgIpc) is 3.12. The maximum Gasteiger partial charge on any atom is 0.326 e. The Morgan fingerprint density at radius 3 is 2.22 bits per heavy atom. The molecule has 0 aromatic heterocycles. The fraction of sp³-hybridized carbons (Fsp3) is 0.750. The molecule has 4 unspecified atom stereocenters. The molecule has 1 aliphatic rings. The summed E-state index contributed by atoms with van der Waals surface area (Å²) in [6.07, 6.45) is 0.893. The van der Waals surface area contributed by atoms with E-state index in [4.69, 9.17) is 10.8 Å². The number of hydrogen-bond donors (Lipinski definition) is 6. The zero-order valence-corrected chi connectivity index (χ0v) is 15.4. The topological polar surface area (TPSA) is 182 Å². The van der Waals surface area contributed by atoms with E-state index < -0.39 is 61.1 Å². The molecule has 0 spiro atoms. The first kappa shape index (κ1) is 22.8. The van der Waals surface area contributed by atoms with E-state index in [-0.39, 0.29) is 12.5 Å². The van der Waals surface area contributed by atoms with Crippen LogP contribution in [0.3, 0.4) is 0 Å². The third-order valence-corrected chi connectivity index (χ3v) is 4.40. The number of nitrogens with zero attached hydrogens (tertiary/aromatic N) is 1. The molecule has 0 saturated carbocycles. The quantitative estimate of drug-likeness (QED) is 0.241. The lowest BCUT2D eigenvalue weighted by atomic mass is 10.0. The Morgan fingerprint density at radius 2 is 1.74 bits per heavy atom. The minimum atomic E-state index is -1.36. The van der Waals surface area contributed by atoms with Crippen LogP contribution in [0.2, 0.25) is 0 Å². The zero-order valence-electron chi connectivity index (χ0n) is 15.4. The number of aliphatic hydroxyl groups excluding tert-OH is 2. The van der Waals surface area contributed by atoms with Crippen molar-refractivity contribution in [2.75, 3.05) is 19.8 Å². The molecule has 0 radical (unpaired) electrons. The zero-order chi connectivity index (χ0) is 20.7. The molecule has 1 fully saturated rings. The van der Waals surface area contributed by atoms with Crippen LogP contribution in [-0.2, 0) is 19.2 Å². The van der Waals surface area contributed by atoms with Gasteiger partial charge in [0.15, 0.2) is 0 Å². The number of nitrogens with one attached hydrogen (secondary N) is 2. The Morgan fingerprint density at radius 1 is 1.11 bits per heavy atom. The molecule has 1 aliphatic heterocycles. The number of aliphatic hydroxyl groups is 2. The highest BCUT2D eigenvalue weighted by Crippen LogP contribution is 2.20. The van der Waals surface area contributed by atoms with Crippen molar-refractivity contribution in [3.05, 3.63) is 0 Å². The Hall–Kier alpha value is -2.24. The Kier molecular flexibility index (Phi) is 8.60. The highest BCUT2D eigenvalue weighted by molar-refractivity contribution is 5.94. The van der Waals surface area contributed by atoms with Crippen LogP contribution in [0.25, 0.3) is 0 Å². The molecule has 3 amide bonds. The standard InChI is InChI=1S/C16H28N4O7/c1-8(2)12(15(25)20-5-3-4-11(20)16(26)27)19-14(24)10(7-22)18-13(23)9(17)6-21/h8-12,21-22H,3-7,17H2,1-2H3,(H,18,23)(H,19,24)(H,26,27). The minimum Gasteiger partial charge on any atom is -0.480 e. The van der Waals surface area contributed by atoms with Gasteiger partial charge in [-0.2, -0.15) is 0 Å². The first-order chi connectivity index (χ1) is 12.6. The van der Waals surface area contributed by atoms with Crippen LogP contribution in [0.5, 0.6) is 0 Å². The van der Waals surface area contributed by atoms with Crippen molar-refractivity contribution in [2.45, 2.75) is 50.9 Å². The summed E-state index contributed by atoms with van der Waals surface area (Å²) >= 11 is 0. The molecular weight excluding hydrogens is 360 g/mol. The Labute approximate surface area is 156 Å². The van der Waals surface area contributed by atoms with E-state index in [2.05, 4.69) is 10.6 Å². The third-order valence-electron chi connectivity index (χ3n) is 4.40. The molecule has 0 aliphatic carbocycles. The number of likely N-dealkylation sites (tertiary alicyclic amines) is 1. The minimum absolute atomic E-state index is 0.278. The van der Waals surface area contributed by atoms with Crippen molar-refractivity contribution in [2.24, 2.45) is 11.7 Å². The number of nitrogens with two attached hydrogens (primary N) is 1. The van der Waals surface area contributed by atoms with Gasteiger partial charge in [-0.1, -0.05) is 13.8 Å². The second-order valence-corrected chi connectivity index (χ2v) is 6.79. The van der Waals surface area contributed by atoms with Gasteiger partial charge in [-0.15, -0.1) is 0 Å². The second kappa shape index (κ2) is 10.2. The van der Waals surface area contributed by atoms with Gasteiger partial charge < -0.3 is 36.6 Å². The predicted molar refractivity (Wildman–Crippen MR) is 93.2 cm³/mol. The fourth-order valence-electron chi connectivity index (χ4n) is 2.79. The lowest BCUT2D eigenvalue weighted by molar-refractivity contribution is -0.150. The van der Waals surface area contributed by atoms with Crippen LogP contribution in [0.4, 0.5) is 0 Å². The van der Waals surface area contributed by atoms with Crippen LogP contribution in [0.1, 0.15) is 26.7 Å².